The predicted octanol–water partition coefficient (Wildman–Crippen LogP) is 16.8. The SMILES string of the molecule is c1ccc(-c2ccc(-c3nc(-c4ccccc4)nc(-c4ccc5c(c4)oc4cc(-c6ccc7c(oc8ccccc87)c6-n6c7ccccc7c7cc(-c8ccccc8)ccc76)ccc45)n3)cc2)cc1. The van der Waals surface area contributed by atoms with Crippen LogP contribution in [0.2, 0.25) is 0 Å². The molecule has 0 fully saturated rings. The average molecular weight is 883 g/mol. The molecule has 4 aromatic heterocycles. The Bertz CT molecular complexity index is 4290. The highest BCUT2D eigenvalue weighted by Crippen LogP contribution is 2.45. The molecule has 0 bridgehead atoms. The normalized spacial score (nSPS) is 11.8. The fourth-order valence-electron chi connectivity index (χ4n) is 10.1. The van der Waals surface area contributed by atoms with Crippen LogP contribution in [-0.2, 0) is 0 Å². The van der Waals surface area contributed by atoms with Gasteiger partial charge in [0.1, 0.15) is 16.7 Å². The van der Waals surface area contributed by atoms with E-state index in [1.165, 1.54) is 21.9 Å². The lowest BCUT2D eigenvalue weighted by Gasteiger charge is -2.15. The number of nitrogens with zero attached hydrogens (tertiary/aromatic N) is 4. The Hall–Kier alpha value is -9.39. The second-order valence-electron chi connectivity index (χ2n) is 17.5. The smallest absolute Gasteiger partial charge is 0.164 e. The fourth-order valence-corrected chi connectivity index (χ4v) is 10.1. The lowest BCUT2D eigenvalue weighted by atomic mass is 9.99. The quantitative estimate of drug-likeness (QED) is 0.159. The van der Waals surface area contributed by atoms with Crippen molar-refractivity contribution in [2.75, 3.05) is 0 Å². The number of fused-ring (bicyclic) bond motifs is 9. The lowest BCUT2D eigenvalue weighted by molar-refractivity contribution is 0.666. The van der Waals surface area contributed by atoms with Gasteiger partial charge in [-0.2, -0.15) is 0 Å². The van der Waals surface area contributed by atoms with Gasteiger partial charge >= 0.3 is 0 Å². The molecule has 0 amide bonds. The highest BCUT2D eigenvalue weighted by molar-refractivity contribution is 6.16. The molecule has 10 aromatic carbocycles. The molecule has 0 saturated carbocycles. The summed E-state index contributed by atoms with van der Waals surface area (Å²) in [6.45, 7) is 0. The summed E-state index contributed by atoms with van der Waals surface area (Å²) >= 11 is 0. The monoisotopic (exact) mass is 882 g/mol. The zero-order valence-corrected chi connectivity index (χ0v) is 37.0. The second-order valence-corrected chi connectivity index (χ2v) is 17.5. The van der Waals surface area contributed by atoms with Gasteiger partial charge in [-0.05, 0) is 82.4 Å². The zero-order valence-electron chi connectivity index (χ0n) is 37.0. The van der Waals surface area contributed by atoms with Crippen molar-refractivity contribution in [2.24, 2.45) is 0 Å². The number of para-hydroxylation sites is 2. The number of hydrogen-bond acceptors (Lipinski definition) is 5. The molecular weight excluding hydrogens is 845 g/mol. The number of aromatic nitrogens is 4. The third kappa shape index (κ3) is 6.45. The molecule has 6 heteroatoms. The summed E-state index contributed by atoms with van der Waals surface area (Å²) in [6.07, 6.45) is 0. The van der Waals surface area contributed by atoms with E-state index < -0.39 is 0 Å². The Labute approximate surface area is 396 Å². The maximum atomic E-state index is 6.89. The van der Waals surface area contributed by atoms with Gasteiger partial charge in [0.15, 0.2) is 23.1 Å². The predicted molar refractivity (Wildman–Crippen MR) is 281 cm³/mol. The molecule has 14 aromatic rings. The van der Waals surface area contributed by atoms with Gasteiger partial charge in [0.2, 0.25) is 0 Å². The summed E-state index contributed by atoms with van der Waals surface area (Å²) in [5.41, 5.74) is 15.7. The van der Waals surface area contributed by atoms with Crippen molar-refractivity contribution in [1.29, 1.82) is 0 Å². The summed E-state index contributed by atoms with van der Waals surface area (Å²) in [5.74, 6) is 1.78. The van der Waals surface area contributed by atoms with Crippen LogP contribution in [0.15, 0.2) is 239 Å². The van der Waals surface area contributed by atoms with E-state index >= 15 is 0 Å². The fraction of sp³-hybridized carbons (Fsp3) is 0. The van der Waals surface area contributed by atoms with Gasteiger partial charge in [-0.15, -0.1) is 0 Å². The Kier molecular flexibility index (Phi) is 8.79. The van der Waals surface area contributed by atoms with Crippen LogP contribution >= 0.6 is 0 Å². The van der Waals surface area contributed by atoms with Crippen LogP contribution in [0.4, 0.5) is 0 Å². The van der Waals surface area contributed by atoms with E-state index in [1.807, 2.05) is 42.5 Å². The zero-order chi connectivity index (χ0) is 45.4. The molecule has 0 N–H and O–H groups in total. The topological polar surface area (TPSA) is 69.9 Å². The first-order chi connectivity index (χ1) is 34.2. The van der Waals surface area contributed by atoms with E-state index in [2.05, 4.69) is 193 Å². The van der Waals surface area contributed by atoms with E-state index in [4.69, 9.17) is 23.8 Å². The molecule has 69 heavy (non-hydrogen) atoms. The van der Waals surface area contributed by atoms with Crippen molar-refractivity contribution in [2.45, 2.75) is 0 Å². The van der Waals surface area contributed by atoms with Crippen molar-refractivity contribution in [3.05, 3.63) is 231 Å². The molecular formula is C63H38N4O2. The maximum absolute atomic E-state index is 6.89. The van der Waals surface area contributed by atoms with Crippen LogP contribution in [0, 0.1) is 0 Å². The van der Waals surface area contributed by atoms with E-state index in [0.717, 1.165) is 99.5 Å². The Morgan fingerprint density at radius 2 is 0.739 bits per heavy atom. The Morgan fingerprint density at radius 1 is 0.275 bits per heavy atom. The van der Waals surface area contributed by atoms with Gasteiger partial charge < -0.3 is 13.4 Å². The molecule has 6 nitrogen and oxygen atoms in total. The summed E-state index contributed by atoms with van der Waals surface area (Å²) in [5, 5.41) is 6.54. The molecule has 0 spiro atoms. The highest BCUT2D eigenvalue weighted by Gasteiger charge is 2.23. The summed E-state index contributed by atoms with van der Waals surface area (Å²) in [4.78, 5) is 15.1. The summed E-state index contributed by atoms with van der Waals surface area (Å²) in [6, 6.07) is 80.4. The van der Waals surface area contributed by atoms with Crippen molar-refractivity contribution in [3.63, 3.8) is 0 Å². The van der Waals surface area contributed by atoms with E-state index in [0.29, 0.717) is 17.5 Å². The van der Waals surface area contributed by atoms with Crippen molar-refractivity contribution in [3.8, 4) is 73.2 Å². The second kappa shape index (κ2) is 15.6. The van der Waals surface area contributed by atoms with E-state index in [1.54, 1.807) is 0 Å². The van der Waals surface area contributed by atoms with Gasteiger partial charge in [-0.1, -0.05) is 176 Å². The number of furan rings is 2. The highest BCUT2D eigenvalue weighted by atomic mass is 16.3. The van der Waals surface area contributed by atoms with Crippen LogP contribution in [0.3, 0.4) is 0 Å². The van der Waals surface area contributed by atoms with Crippen molar-refractivity contribution in [1.82, 2.24) is 19.5 Å². The number of benzene rings is 10. The average Bonchev–Trinajstić information content (AvgIpc) is 4.10. The third-order valence-corrected chi connectivity index (χ3v) is 13.5. The van der Waals surface area contributed by atoms with Crippen LogP contribution in [0.1, 0.15) is 0 Å². The van der Waals surface area contributed by atoms with E-state index in [-0.39, 0.29) is 0 Å². The minimum absolute atomic E-state index is 0.569. The largest absolute Gasteiger partial charge is 0.456 e. The standard InChI is InChI=1S/C63H38N4O2/c1-4-14-39(15-5-1)41-24-26-43(27-25-41)62-64-61(42-18-8-3-9-19-42)65-63(66-62)46-29-32-51-50-31-28-45(37-57(50)68-58(51)38-46)47-33-34-52-49-21-11-13-23-56(49)69-60(52)59(47)67-54-22-12-10-20-48(54)53-36-44(30-35-55(53)67)40-16-6-2-7-17-40/h1-38H. The van der Waals surface area contributed by atoms with Gasteiger partial charge in [0.05, 0.1) is 16.7 Å². The van der Waals surface area contributed by atoms with Crippen LogP contribution in [-0.4, -0.2) is 19.5 Å². The molecule has 0 aliphatic rings. The van der Waals surface area contributed by atoms with Gasteiger partial charge in [-0.3, -0.25) is 0 Å². The minimum Gasteiger partial charge on any atom is -0.456 e. The van der Waals surface area contributed by atoms with Gasteiger partial charge in [0, 0.05) is 54.6 Å². The van der Waals surface area contributed by atoms with Crippen molar-refractivity contribution >= 4 is 65.7 Å². The first kappa shape index (κ1) is 38.8. The molecule has 322 valence electrons. The molecule has 0 atom stereocenters. The first-order valence-corrected chi connectivity index (χ1v) is 23.2. The molecule has 0 unspecified atom stereocenters. The minimum atomic E-state index is 0.569. The maximum Gasteiger partial charge on any atom is 0.164 e. The first-order valence-electron chi connectivity index (χ1n) is 23.2. The number of rotatable bonds is 7. The molecule has 0 aliphatic carbocycles. The molecule has 0 radical (unpaired) electrons. The van der Waals surface area contributed by atoms with Crippen LogP contribution < -0.4 is 0 Å². The summed E-state index contributed by atoms with van der Waals surface area (Å²) in [7, 11) is 0. The van der Waals surface area contributed by atoms with Crippen molar-refractivity contribution < 1.29 is 8.83 Å². The van der Waals surface area contributed by atoms with E-state index in [9.17, 15) is 0 Å². The number of hydrogen-bond donors (Lipinski definition) is 0. The third-order valence-electron chi connectivity index (χ3n) is 13.5. The Balaban J connectivity index is 0.917. The molecule has 14 rings (SSSR count). The van der Waals surface area contributed by atoms with Gasteiger partial charge in [-0.25, -0.2) is 15.0 Å². The Morgan fingerprint density at radius 3 is 1.45 bits per heavy atom. The molecule has 0 aliphatic heterocycles. The molecule has 0 saturated heterocycles. The molecule has 4 heterocycles. The van der Waals surface area contributed by atoms with Crippen LogP contribution in [0.25, 0.3) is 139 Å². The lowest BCUT2D eigenvalue weighted by Crippen LogP contribution is -2.00. The van der Waals surface area contributed by atoms with Gasteiger partial charge in [0.25, 0.3) is 0 Å². The summed E-state index contributed by atoms with van der Waals surface area (Å²) < 4.78 is 16.1. The van der Waals surface area contributed by atoms with Crippen LogP contribution in [0.5, 0.6) is 0 Å².